The molecule has 0 aromatic heterocycles. The molecule has 2 heterocycles. The highest BCUT2D eigenvalue weighted by molar-refractivity contribution is 5.38. The van der Waals surface area contributed by atoms with Crippen molar-refractivity contribution in [3.8, 4) is 11.8 Å². The van der Waals surface area contributed by atoms with Crippen LogP contribution in [0.15, 0.2) is 18.2 Å². The molecular weight excluding hydrogens is 231 g/mol. The maximum absolute atomic E-state index is 13.1. The van der Waals surface area contributed by atoms with E-state index in [2.05, 4.69) is 11.0 Å². The Hall–Kier alpha value is -1.60. The van der Waals surface area contributed by atoms with Gasteiger partial charge in [-0.05, 0) is 37.6 Å². The highest BCUT2D eigenvalue weighted by atomic mass is 19.1. The molecular formula is C14H15FN2O. The molecule has 94 valence electrons. The van der Waals surface area contributed by atoms with Crippen LogP contribution in [-0.2, 0) is 6.42 Å². The first-order valence-electron chi connectivity index (χ1n) is 6.35. The summed E-state index contributed by atoms with van der Waals surface area (Å²) >= 11 is 0. The van der Waals surface area contributed by atoms with Crippen molar-refractivity contribution in [2.45, 2.75) is 31.4 Å². The van der Waals surface area contributed by atoms with E-state index in [1.165, 1.54) is 6.07 Å². The Morgan fingerprint density at radius 3 is 3.22 bits per heavy atom. The zero-order valence-corrected chi connectivity index (χ0v) is 10.1. The van der Waals surface area contributed by atoms with E-state index >= 15 is 0 Å². The van der Waals surface area contributed by atoms with Crippen molar-refractivity contribution in [1.29, 1.82) is 5.26 Å². The first-order valence-corrected chi connectivity index (χ1v) is 6.35. The molecule has 0 radical (unpaired) electrons. The van der Waals surface area contributed by atoms with Crippen molar-refractivity contribution in [1.82, 2.24) is 4.90 Å². The molecule has 0 amide bonds. The minimum Gasteiger partial charge on any atom is -0.488 e. The molecule has 4 heteroatoms. The second kappa shape index (κ2) is 4.58. The van der Waals surface area contributed by atoms with Gasteiger partial charge in [0.05, 0.1) is 12.1 Å². The fraction of sp³-hybridized carbons (Fsp3) is 0.500. The molecule has 1 aromatic rings. The summed E-state index contributed by atoms with van der Waals surface area (Å²) in [6, 6.07) is 7.01. The summed E-state index contributed by atoms with van der Waals surface area (Å²) in [6.07, 6.45) is 2.81. The lowest BCUT2D eigenvalue weighted by Gasteiger charge is -2.22. The molecule has 2 aliphatic rings. The zero-order chi connectivity index (χ0) is 12.5. The summed E-state index contributed by atoms with van der Waals surface area (Å²) in [7, 11) is 0. The zero-order valence-electron chi connectivity index (χ0n) is 10.1. The molecule has 0 saturated carbocycles. The predicted octanol–water partition coefficient (Wildman–Crippen LogP) is 2.12. The minimum atomic E-state index is -0.214. The third-order valence-corrected chi connectivity index (χ3v) is 3.71. The number of hydrogen-bond acceptors (Lipinski definition) is 3. The Morgan fingerprint density at radius 2 is 2.39 bits per heavy atom. The molecule has 18 heavy (non-hydrogen) atoms. The molecule has 2 aliphatic heterocycles. The second-order valence-corrected chi connectivity index (χ2v) is 4.98. The van der Waals surface area contributed by atoms with Gasteiger partial charge in [-0.25, -0.2) is 4.39 Å². The summed E-state index contributed by atoms with van der Waals surface area (Å²) in [5.41, 5.74) is 0.938. The predicted molar refractivity (Wildman–Crippen MR) is 64.7 cm³/mol. The van der Waals surface area contributed by atoms with Crippen LogP contribution >= 0.6 is 0 Å². The molecule has 1 aromatic carbocycles. The third kappa shape index (κ3) is 2.06. The number of ether oxygens (including phenoxy) is 1. The highest BCUT2D eigenvalue weighted by Gasteiger charge is 2.30. The van der Waals surface area contributed by atoms with E-state index in [4.69, 9.17) is 10.00 Å². The lowest BCUT2D eigenvalue weighted by atomic mass is 10.1. The summed E-state index contributed by atoms with van der Waals surface area (Å²) in [4.78, 5) is 2.17. The van der Waals surface area contributed by atoms with Crippen molar-refractivity contribution in [3.05, 3.63) is 29.6 Å². The van der Waals surface area contributed by atoms with Gasteiger partial charge in [-0.3, -0.25) is 4.90 Å². The van der Waals surface area contributed by atoms with Crippen molar-refractivity contribution in [3.63, 3.8) is 0 Å². The van der Waals surface area contributed by atoms with E-state index in [9.17, 15) is 4.39 Å². The quantitative estimate of drug-likeness (QED) is 0.802. The van der Waals surface area contributed by atoms with Crippen molar-refractivity contribution in [2.24, 2.45) is 0 Å². The van der Waals surface area contributed by atoms with Gasteiger partial charge >= 0.3 is 0 Å². The molecule has 1 fully saturated rings. The van der Waals surface area contributed by atoms with Crippen LogP contribution < -0.4 is 4.74 Å². The molecule has 3 nitrogen and oxygen atoms in total. The fourth-order valence-corrected chi connectivity index (χ4v) is 2.84. The maximum Gasteiger partial charge on any atom is 0.123 e. The first-order chi connectivity index (χ1) is 8.76. The Bertz CT molecular complexity index is 497. The minimum absolute atomic E-state index is 0.0223. The largest absolute Gasteiger partial charge is 0.488 e. The topological polar surface area (TPSA) is 36.3 Å². The van der Waals surface area contributed by atoms with Gasteiger partial charge < -0.3 is 4.74 Å². The van der Waals surface area contributed by atoms with E-state index < -0.39 is 0 Å². The van der Waals surface area contributed by atoms with E-state index in [1.807, 2.05) is 0 Å². The van der Waals surface area contributed by atoms with Crippen molar-refractivity contribution in [2.75, 3.05) is 13.1 Å². The average Bonchev–Trinajstić information content (AvgIpc) is 2.94. The van der Waals surface area contributed by atoms with Crippen LogP contribution in [0.3, 0.4) is 0 Å². The van der Waals surface area contributed by atoms with Crippen LogP contribution in [0.25, 0.3) is 0 Å². The van der Waals surface area contributed by atoms with E-state index in [1.54, 1.807) is 12.1 Å². The molecule has 0 bridgehead atoms. The van der Waals surface area contributed by atoms with Gasteiger partial charge in [0, 0.05) is 18.5 Å². The van der Waals surface area contributed by atoms with Crippen LogP contribution in [0.4, 0.5) is 4.39 Å². The van der Waals surface area contributed by atoms with Crippen LogP contribution in [0, 0.1) is 17.1 Å². The van der Waals surface area contributed by atoms with Gasteiger partial charge in [-0.15, -0.1) is 0 Å². The first kappa shape index (κ1) is 11.5. The molecule has 1 saturated heterocycles. The molecule has 0 N–H and O–H groups in total. The number of nitriles is 1. The van der Waals surface area contributed by atoms with Crippen molar-refractivity contribution < 1.29 is 9.13 Å². The maximum atomic E-state index is 13.1. The van der Waals surface area contributed by atoms with Crippen LogP contribution in [0.5, 0.6) is 5.75 Å². The van der Waals surface area contributed by atoms with E-state index in [0.29, 0.717) is 0 Å². The smallest absolute Gasteiger partial charge is 0.123 e. The molecule has 3 rings (SSSR count). The van der Waals surface area contributed by atoms with Crippen molar-refractivity contribution >= 4 is 0 Å². The molecule has 2 atom stereocenters. The van der Waals surface area contributed by atoms with Crippen LogP contribution in [0.1, 0.15) is 18.4 Å². The molecule has 0 aliphatic carbocycles. The van der Waals surface area contributed by atoms with Gasteiger partial charge in [-0.1, -0.05) is 0 Å². The van der Waals surface area contributed by atoms with Gasteiger partial charge in [0.15, 0.2) is 0 Å². The average molecular weight is 246 g/mol. The summed E-state index contributed by atoms with van der Waals surface area (Å²) in [5, 5.41) is 9.04. The standard InChI is InChI=1S/C14H15FN2O/c15-11-3-4-14-10(6-11)7-13(18-14)9-17-5-1-2-12(17)8-16/h3-4,6,12-13H,1-2,5,7,9H2. The molecule has 0 spiro atoms. The van der Waals surface area contributed by atoms with Gasteiger partial charge in [0.2, 0.25) is 0 Å². The normalized spacial score (nSPS) is 26.7. The monoisotopic (exact) mass is 246 g/mol. The Kier molecular flexibility index (Phi) is 2.92. The van der Waals surface area contributed by atoms with Crippen LogP contribution in [-0.4, -0.2) is 30.1 Å². The fourth-order valence-electron chi connectivity index (χ4n) is 2.84. The number of likely N-dealkylation sites (tertiary alicyclic amines) is 1. The summed E-state index contributed by atoms with van der Waals surface area (Å²) < 4.78 is 18.9. The third-order valence-electron chi connectivity index (χ3n) is 3.71. The van der Waals surface area contributed by atoms with Crippen LogP contribution in [0.2, 0.25) is 0 Å². The SMILES string of the molecule is N#CC1CCCN1CC1Cc2cc(F)ccc2O1. The number of benzene rings is 1. The number of halogens is 1. The number of fused-ring (bicyclic) bond motifs is 1. The van der Waals surface area contributed by atoms with Gasteiger partial charge in [-0.2, -0.15) is 5.26 Å². The second-order valence-electron chi connectivity index (χ2n) is 4.98. The lowest BCUT2D eigenvalue weighted by Crippen LogP contribution is -2.37. The molecule has 2 unspecified atom stereocenters. The summed E-state index contributed by atoms with van der Waals surface area (Å²) in [5.74, 6) is 0.572. The Balaban J connectivity index is 1.66. The van der Waals surface area contributed by atoms with E-state index in [0.717, 1.165) is 43.7 Å². The number of rotatable bonds is 2. The Labute approximate surface area is 106 Å². The number of nitrogens with zero attached hydrogens (tertiary/aromatic N) is 2. The lowest BCUT2D eigenvalue weighted by molar-refractivity contribution is 0.155. The van der Waals surface area contributed by atoms with Gasteiger partial charge in [0.1, 0.15) is 17.7 Å². The summed E-state index contributed by atoms with van der Waals surface area (Å²) in [6.45, 7) is 1.72. The van der Waals surface area contributed by atoms with E-state index in [-0.39, 0.29) is 18.0 Å². The van der Waals surface area contributed by atoms with Gasteiger partial charge in [0.25, 0.3) is 0 Å². The Morgan fingerprint density at radius 1 is 1.50 bits per heavy atom. The highest BCUT2D eigenvalue weighted by Crippen LogP contribution is 2.30. The number of hydrogen-bond donors (Lipinski definition) is 0.